The first kappa shape index (κ1) is 27.4. The van der Waals surface area contributed by atoms with Gasteiger partial charge in [0.2, 0.25) is 11.8 Å². The lowest BCUT2D eigenvalue weighted by Gasteiger charge is -2.39. The zero-order valence-electron chi connectivity index (χ0n) is 21.1. The maximum absolute atomic E-state index is 13.3. The Morgan fingerprint density at radius 3 is 2.56 bits per heavy atom. The second-order valence-electron chi connectivity index (χ2n) is 10.1. The van der Waals surface area contributed by atoms with Gasteiger partial charge in [0.1, 0.15) is 5.82 Å². The molecule has 0 aliphatic carbocycles. The van der Waals surface area contributed by atoms with E-state index in [1.165, 1.54) is 0 Å². The molecule has 1 aromatic carbocycles. The van der Waals surface area contributed by atoms with Crippen LogP contribution < -0.4 is 22.1 Å². The number of piperidine rings is 1. The van der Waals surface area contributed by atoms with Crippen LogP contribution in [0, 0.1) is 5.92 Å². The highest BCUT2D eigenvalue weighted by Crippen LogP contribution is 2.28. The summed E-state index contributed by atoms with van der Waals surface area (Å²) in [5.74, 6) is -0.488. The van der Waals surface area contributed by atoms with Gasteiger partial charge in [0, 0.05) is 48.6 Å². The van der Waals surface area contributed by atoms with Gasteiger partial charge < -0.3 is 31.9 Å². The molecule has 5 rings (SSSR count). The Kier molecular flexibility index (Phi) is 7.80. The summed E-state index contributed by atoms with van der Waals surface area (Å²) in [7, 11) is 0. The number of aromatic nitrogens is 2. The third kappa shape index (κ3) is 5.88. The van der Waals surface area contributed by atoms with Crippen molar-refractivity contribution in [2.24, 2.45) is 10.9 Å². The number of aliphatic imine (C=N–C) groups is 1. The number of benzene rings is 1. The lowest BCUT2D eigenvalue weighted by Crippen LogP contribution is -2.54. The Morgan fingerprint density at radius 1 is 1.15 bits per heavy atom. The lowest BCUT2D eigenvalue weighted by molar-refractivity contribution is -0.137. The van der Waals surface area contributed by atoms with Gasteiger partial charge in [0.25, 0.3) is 0 Å². The Balaban J connectivity index is 1.16. The Labute approximate surface area is 244 Å². The number of rotatable bonds is 5. The number of nitrogen functional groups attached to an aromatic ring is 2. The quantitative estimate of drug-likeness (QED) is 0.272. The van der Waals surface area contributed by atoms with Gasteiger partial charge in [0.15, 0.2) is 17.5 Å². The van der Waals surface area contributed by atoms with E-state index in [0.717, 1.165) is 5.56 Å². The minimum Gasteiger partial charge on any atom is -0.382 e. The molecule has 2 aromatic rings. The van der Waals surface area contributed by atoms with Crippen LogP contribution in [-0.2, 0) is 20.6 Å². The highest BCUT2D eigenvalue weighted by Gasteiger charge is 2.43. The van der Waals surface area contributed by atoms with E-state index in [1.807, 2.05) is 17.0 Å². The van der Waals surface area contributed by atoms with Crippen LogP contribution in [0.15, 0.2) is 29.3 Å². The molecule has 3 fully saturated rings. The van der Waals surface area contributed by atoms with Gasteiger partial charge >= 0.3 is 5.91 Å². The van der Waals surface area contributed by atoms with Gasteiger partial charge in [0.05, 0.1) is 17.2 Å². The van der Waals surface area contributed by atoms with Gasteiger partial charge in [-0.25, -0.2) is 9.97 Å². The molecule has 39 heavy (non-hydrogen) atoms. The number of anilines is 2. The van der Waals surface area contributed by atoms with Crippen LogP contribution in [0.3, 0.4) is 0 Å². The highest BCUT2D eigenvalue weighted by molar-refractivity contribution is 14.1. The monoisotopic (exact) mass is 665 g/mol. The summed E-state index contributed by atoms with van der Waals surface area (Å²) < 4.78 is 0.484. The minimum absolute atomic E-state index is 0.00954. The molecular formula is C25H29ClIN9O3. The van der Waals surface area contributed by atoms with Gasteiger partial charge in [-0.1, -0.05) is 46.3 Å². The topological polar surface area (TPSA) is 172 Å². The molecule has 0 saturated carbocycles. The first-order valence-corrected chi connectivity index (χ1v) is 14.5. The molecule has 12 nitrogen and oxygen atoms in total. The molecule has 1 spiro atoms. The van der Waals surface area contributed by atoms with Crippen LogP contribution in [-0.4, -0.2) is 75.2 Å². The van der Waals surface area contributed by atoms with E-state index in [4.69, 9.17) is 23.1 Å². The Hall–Kier alpha value is -3.20. The van der Waals surface area contributed by atoms with Crippen molar-refractivity contribution in [1.29, 1.82) is 0 Å². The maximum Gasteiger partial charge on any atom is 0.302 e. The number of carbonyl (C=O) groups excluding carboxylic acids is 3. The van der Waals surface area contributed by atoms with E-state index in [2.05, 4.69) is 48.2 Å². The average Bonchev–Trinajstić information content (AvgIpc) is 3.48. The van der Waals surface area contributed by atoms with Crippen molar-refractivity contribution in [3.05, 3.63) is 46.2 Å². The first-order chi connectivity index (χ1) is 18.7. The van der Waals surface area contributed by atoms with Gasteiger partial charge in [-0.05, 0) is 30.5 Å². The van der Waals surface area contributed by atoms with Crippen molar-refractivity contribution in [1.82, 2.24) is 30.4 Å². The first-order valence-electron chi connectivity index (χ1n) is 12.6. The summed E-state index contributed by atoms with van der Waals surface area (Å²) in [6, 6.07) is 7.38. The number of nitrogens with one attached hydrogen (secondary N) is 2. The normalized spacial score (nSPS) is 21.3. The second-order valence-corrected chi connectivity index (χ2v) is 11.3. The number of guanidine groups is 1. The number of alkyl halides is 1. The van der Waals surface area contributed by atoms with E-state index >= 15 is 0 Å². The summed E-state index contributed by atoms with van der Waals surface area (Å²) in [6.07, 6.45) is 1.58. The number of carbonyl (C=O) groups is 3. The van der Waals surface area contributed by atoms with Gasteiger partial charge in [-0.2, -0.15) is 4.99 Å². The summed E-state index contributed by atoms with van der Waals surface area (Å²) in [4.78, 5) is 54.6. The SMILES string of the molecule is Nc1nc(N)c(C(=O)/N=C2\NCC3(CCN(C(=O)C4CC(=O)N(Cc5ccc(Cl)cc5)C4)CC3)N2)nc1CI. The average molecular weight is 666 g/mol. The number of nitrogens with zero attached hydrogens (tertiary/aromatic N) is 5. The van der Waals surface area contributed by atoms with Crippen molar-refractivity contribution in [2.75, 3.05) is 37.6 Å². The van der Waals surface area contributed by atoms with Crippen molar-refractivity contribution in [3.8, 4) is 0 Å². The zero-order valence-corrected chi connectivity index (χ0v) is 24.0. The number of amides is 3. The minimum atomic E-state index is -0.611. The van der Waals surface area contributed by atoms with E-state index in [1.54, 1.807) is 17.0 Å². The van der Waals surface area contributed by atoms with Crippen LogP contribution in [0.25, 0.3) is 0 Å². The molecular weight excluding hydrogens is 637 g/mol. The molecule has 4 heterocycles. The fourth-order valence-corrected chi connectivity index (χ4v) is 5.87. The van der Waals surface area contributed by atoms with Crippen LogP contribution in [0.2, 0.25) is 5.02 Å². The van der Waals surface area contributed by atoms with Crippen molar-refractivity contribution < 1.29 is 14.4 Å². The molecule has 0 bridgehead atoms. The van der Waals surface area contributed by atoms with Crippen molar-refractivity contribution in [2.45, 2.75) is 35.8 Å². The number of nitrogens with two attached hydrogens (primary N) is 2. The number of hydrogen-bond donors (Lipinski definition) is 4. The van der Waals surface area contributed by atoms with Crippen molar-refractivity contribution in [3.63, 3.8) is 0 Å². The third-order valence-corrected chi connectivity index (χ3v) is 8.40. The molecule has 3 aliphatic heterocycles. The van der Waals surface area contributed by atoms with E-state index in [0.29, 0.717) is 66.7 Å². The largest absolute Gasteiger partial charge is 0.382 e. The molecule has 3 amide bonds. The fraction of sp³-hybridized carbons (Fsp3) is 0.440. The van der Waals surface area contributed by atoms with E-state index < -0.39 is 5.91 Å². The molecule has 1 aromatic heterocycles. The summed E-state index contributed by atoms with van der Waals surface area (Å²) in [5.41, 5.74) is 12.8. The van der Waals surface area contributed by atoms with E-state index in [9.17, 15) is 14.4 Å². The molecule has 3 aliphatic rings. The third-order valence-electron chi connectivity index (χ3n) is 7.43. The second kappa shape index (κ2) is 11.1. The predicted octanol–water partition coefficient (Wildman–Crippen LogP) is 1.33. The Morgan fingerprint density at radius 2 is 1.87 bits per heavy atom. The van der Waals surface area contributed by atoms with E-state index in [-0.39, 0.29) is 47.0 Å². The molecule has 3 saturated heterocycles. The van der Waals surface area contributed by atoms with Gasteiger partial charge in [-0.3, -0.25) is 14.4 Å². The molecule has 14 heteroatoms. The maximum atomic E-state index is 13.3. The lowest BCUT2D eigenvalue weighted by atomic mass is 9.88. The van der Waals surface area contributed by atoms with Crippen LogP contribution in [0.1, 0.15) is 41.0 Å². The van der Waals surface area contributed by atoms with Crippen molar-refractivity contribution >= 4 is 69.5 Å². The predicted molar refractivity (Wildman–Crippen MR) is 155 cm³/mol. The molecule has 206 valence electrons. The molecule has 1 atom stereocenters. The zero-order chi connectivity index (χ0) is 27.7. The summed E-state index contributed by atoms with van der Waals surface area (Å²) >= 11 is 8.04. The Bertz CT molecular complexity index is 1330. The fourth-order valence-electron chi connectivity index (χ4n) is 5.18. The number of halogens is 2. The smallest absolute Gasteiger partial charge is 0.302 e. The summed E-state index contributed by atoms with van der Waals surface area (Å²) in [5, 5.41) is 7.13. The number of likely N-dealkylation sites (tertiary alicyclic amines) is 2. The molecule has 6 N–H and O–H groups in total. The highest BCUT2D eigenvalue weighted by atomic mass is 127. The van der Waals surface area contributed by atoms with Crippen LogP contribution in [0.5, 0.6) is 0 Å². The standard InChI is InChI=1S/C25H29ClIN9O3/c26-16-3-1-14(2-4-16)11-36-12-15(9-18(36)37)23(39)35-7-5-25(6-8-35)13-30-24(34-25)33-22(38)19-21(29)32-20(28)17(10-27)31-19/h1-4,15H,5-13H2,(H4,28,29,32)(H2,30,33,34,38). The van der Waals surface area contributed by atoms with Crippen LogP contribution in [0.4, 0.5) is 11.6 Å². The molecule has 0 radical (unpaired) electrons. The number of hydrogen-bond acceptors (Lipinski definition) is 7. The summed E-state index contributed by atoms with van der Waals surface area (Å²) in [6.45, 7) is 2.54. The van der Waals surface area contributed by atoms with Gasteiger partial charge in [-0.15, -0.1) is 0 Å². The van der Waals surface area contributed by atoms with Crippen LogP contribution >= 0.6 is 34.2 Å². The molecule has 1 unspecified atom stereocenters.